The number of rotatable bonds is 3. The molecule has 2 aromatic carbocycles. The number of nitro groups is 1. The van der Waals surface area contributed by atoms with Crippen LogP contribution in [0.2, 0.25) is 0 Å². The summed E-state index contributed by atoms with van der Waals surface area (Å²) in [5.74, 6) is -0.307. The van der Waals surface area contributed by atoms with Gasteiger partial charge in [-0.15, -0.1) is 0 Å². The Hall–Kier alpha value is -3.42. The fourth-order valence-corrected chi connectivity index (χ4v) is 3.57. The van der Waals surface area contributed by atoms with Gasteiger partial charge in [-0.1, -0.05) is 6.92 Å². The molecule has 0 saturated carbocycles. The lowest BCUT2D eigenvalue weighted by Gasteiger charge is -2.31. The molecule has 8 heteroatoms. The molecule has 0 unspecified atom stereocenters. The van der Waals surface area contributed by atoms with Gasteiger partial charge < -0.3 is 14.1 Å². The van der Waals surface area contributed by atoms with Crippen LogP contribution in [0.5, 0.6) is 5.75 Å². The highest BCUT2D eigenvalue weighted by atomic mass is 19.1. The Bertz CT molecular complexity index is 1170. The minimum atomic E-state index is -0.897. The van der Waals surface area contributed by atoms with Crippen LogP contribution in [-0.2, 0) is 13.0 Å². The number of nitrogens with zero attached hydrogens (tertiary/aromatic N) is 2. The monoisotopic (exact) mass is 384 g/mol. The number of hydrogen-bond donors (Lipinski definition) is 0. The Morgan fingerprint density at radius 1 is 1.29 bits per heavy atom. The lowest BCUT2D eigenvalue weighted by Crippen LogP contribution is -2.32. The highest BCUT2D eigenvalue weighted by molar-refractivity contribution is 5.86. The van der Waals surface area contributed by atoms with Crippen molar-refractivity contribution in [2.24, 2.45) is 0 Å². The molecular weight excluding hydrogens is 367 g/mol. The average molecular weight is 384 g/mol. The Morgan fingerprint density at radius 2 is 2.07 bits per heavy atom. The van der Waals surface area contributed by atoms with Crippen LogP contribution >= 0.6 is 0 Å². The van der Waals surface area contributed by atoms with Gasteiger partial charge in [0.2, 0.25) is 5.82 Å². The Balaban J connectivity index is 1.82. The molecule has 2 heterocycles. The zero-order chi connectivity index (χ0) is 20.0. The van der Waals surface area contributed by atoms with E-state index in [0.29, 0.717) is 41.1 Å². The van der Waals surface area contributed by atoms with Gasteiger partial charge in [-0.3, -0.25) is 10.1 Å². The maximum absolute atomic E-state index is 13.7. The number of anilines is 1. The predicted octanol–water partition coefficient (Wildman–Crippen LogP) is 4.07. The van der Waals surface area contributed by atoms with Crippen molar-refractivity contribution >= 4 is 22.3 Å². The molecule has 0 bridgehead atoms. The second kappa shape index (κ2) is 6.63. The minimum Gasteiger partial charge on any atom is -0.473 e. The number of aryl methyl sites for hydroxylation is 1. The quantitative estimate of drug-likeness (QED) is 0.384. The molecule has 1 aromatic heterocycles. The van der Waals surface area contributed by atoms with Crippen LogP contribution in [0.1, 0.15) is 23.6 Å². The van der Waals surface area contributed by atoms with Gasteiger partial charge in [-0.25, -0.2) is 4.79 Å². The van der Waals surface area contributed by atoms with Gasteiger partial charge in [-0.05, 0) is 43.2 Å². The first-order valence-corrected chi connectivity index (χ1v) is 8.80. The van der Waals surface area contributed by atoms with E-state index in [1.165, 1.54) is 12.1 Å². The van der Waals surface area contributed by atoms with Crippen LogP contribution in [0.3, 0.4) is 0 Å². The van der Waals surface area contributed by atoms with Gasteiger partial charge in [0.05, 0.1) is 17.0 Å². The number of nitro benzene ring substituents is 1. The molecule has 7 nitrogen and oxygen atoms in total. The Kier molecular flexibility index (Phi) is 4.26. The summed E-state index contributed by atoms with van der Waals surface area (Å²) in [7, 11) is 0. The van der Waals surface area contributed by atoms with E-state index in [0.717, 1.165) is 17.0 Å². The van der Waals surface area contributed by atoms with E-state index in [2.05, 4.69) is 0 Å². The standard InChI is InChI=1S/C20H17FN2O5/c1-3-13-11(2)14-5-7-18-15(19(14)28-20(13)24)9-22(10-27-18)12-4-6-16(21)17(8-12)23(25)26/h4-8H,3,9-10H2,1-2H3. The molecule has 144 valence electrons. The van der Waals surface area contributed by atoms with Crippen molar-refractivity contribution < 1.29 is 18.5 Å². The molecule has 0 aliphatic carbocycles. The molecule has 1 aliphatic rings. The minimum absolute atomic E-state index is 0.136. The van der Waals surface area contributed by atoms with Crippen LogP contribution in [0.15, 0.2) is 39.5 Å². The van der Waals surface area contributed by atoms with Crippen LogP contribution in [0, 0.1) is 22.9 Å². The molecule has 0 saturated heterocycles. The van der Waals surface area contributed by atoms with E-state index in [4.69, 9.17) is 9.15 Å². The van der Waals surface area contributed by atoms with E-state index in [1.807, 2.05) is 26.0 Å². The van der Waals surface area contributed by atoms with Crippen molar-refractivity contribution in [2.75, 3.05) is 11.6 Å². The first-order chi connectivity index (χ1) is 13.4. The lowest BCUT2D eigenvalue weighted by molar-refractivity contribution is -0.387. The zero-order valence-corrected chi connectivity index (χ0v) is 15.3. The summed E-state index contributed by atoms with van der Waals surface area (Å²) in [5.41, 5.74) is 2.09. The highest BCUT2D eigenvalue weighted by Crippen LogP contribution is 2.36. The van der Waals surface area contributed by atoms with Gasteiger partial charge >= 0.3 is 11.3 Å². The van der Waals surface area contributed by atoms with Crippen molar-refractivity contribution in [1.82, 2.24) is 0 Å². The van der Waals surface area contributed by atoms with Crippen LogP contribution in [0.4, 0.5) is 15.8 Å². The van der Waals surface area contributed by atoms with Gasteiger partial charge in [0.25, 0.3) is 0 Å². The molecule has 0 radical (unpaired) electrons. The summed E-state index contributed by atoms with van der Waals surface area (Å²) in [6.45, 7) is 4.23. The summed E-state index contributed by atoms with van der Waals surface area (Å²) < 4.78 is 25.0. The molecular formula is C20H17FN2O5. The van der Waals surface area contributed by atoms with Crippen molar-refractivity contribution in [3.8, 4) is 5.75 Å². The summed E-state index contributed by atoms with van der Waals surface area (Å²) in [5, 5.41) is 11.9. The van der Waals surface area contributed by atoms with Crippen molar-refractivity contribution in [1.29, 1.82) is 0 Å². The molecule has 1 aliphatic heterocycles. The second-order valence-corrected chi connectivity index (χ2v) is 6.63. The van der Waals surface area contributed by atoms with Crippen molar-refractivity contribution in [3.63, 3.8) is 0 Å². The number of hydrogen-bond acceptors (Lipinski definition) is 6. The summed E-state index contributed by atoms with van der Waals surface area (Å²) in [4.78, 5) is 24.3. The van der Waals surface area contributed by atoms with Crippen molar-refractivity contribution in [2.45, 2.75) is 26.8 Å². The number of halogens is 1. The first kappa shape index (κ1) is 18.0. The maximum Gasteiger partial charge on any atom is 0.339 e. The summed E-state index contributed by atoms with van der Waals surface area (Å²) in [6.07, 6.45) is 0.572. The smallest absolute Gasteiger partial charge is 0.339 e. The van der Waals surface area contributed by atoms with E-state index in [9.17, 15) is 19.3 Å². The second-order valence-electron chi connectivity index (χ2n) is 6.63. The van der Waals surface area contributed by atoms with Crippen molar-refractivity contribution in [3.05, 3.63) is 73.4 Å². The fraction of sp³-hybridized carbons (Fsp3) is 0.250. The third-order valence-corrected chi connectivity index (χ3v) is 5.09. The van der Waals surface area contributed by atoms with E-state index in [-0.39, 0.29) is 12.4 Å². The molecule has 4 rings (SSSR count). The topological polar surface area (TPSA) is 85.8 Å². The van der Waals surface area contributed by atoms with Gasteiger partial charge in [-0.2, -0.15) is 4.39 Å². The molecule has 0 spiro atoms. The largest absolute Gasteiger partial charge is 0.473 e. The number of benzene rings is 2. The number of fused-ring (bicyclic) bond motifs is 3. The average Bonchev–Trinajstić information content (AvgIpc) is 2.68. The predicted molar refractivity (Wildman–Crippen MR) is 101 cm³/mol. The number of ether oxygens (including phenoxy) is 1. The Labute approximate surface area is 159 Å². The molecule has 0 fully saturated rings. The maximum atomic E-state index is 13.7. The van der Waals surface area contributed by atoms with Crippen LogP contribution in [0.25, 0.3) is 11.0 Å². The highest BCUT2D eigenvalue weighted by Gasteiger charge is 2.25. The molecule has 0 atom stereocenters. The van der Waals surface area contributed by atoms with Gasteiger partial charge in [0, 0.05) is 22.7 Å². The third kappa shape index (κ3) is 2.77. The van der Waals surface area contributed by atoms with E-state index in [1.54, 1.807) is 4.90 Å². The molecule has 0 amide bonds. The molecule has 3 aromatic rings. The van der Waals surface area contributed by atoms with Gasteiger partial charge in [0.15, 0.2) is 6.73 Å². The lowest BCUT2D eigenvalue weighted by atomic mass is 10.0. The SMILES string of the molecule is CCc1c(C)c2ccc3c(c2oc1=O)CN(c1ccc(F)c([N+](=O)[O-])c1)CO3. The fourth-order valence-electron chi connectivity index (χ4n) is 3.57. The summed E-state index contributed by atoms with van der Waals surface area (Å²) in [6, 6.07) is 7.38. The van der Waals surface area contributed by atoms with Gasteiger partial charge in [0.1, 0.15) is 11.3 Å². The first-order valence-electron chi connectivity index (χ1n) is 8.80. The summed E-state index contributed by atoms with van der Waals surface area (Å²) >= 11 is 0. The van der Waals surface area contributed by atoms with E-state index < -0.39 is 16.4 Å². The normalized spacial score (nSPS) is 13.3. The molecule has 28 heavy (non-hydrogen) atoms. The van der Waals surface area contributed by atoms with E-state index >= 15 is 0 Å². The zero-order valence-electron chi connectivity index (χ0n) is 15.3. The van der Waals surface area contributed by atoms with Crippen LogP contribution in [-0.4, -0.2) is 11.7 Å². The third-order valence-electron chi connectivity index (χ3n) is 5.09. The Morgan fingerprint density at radius 3 is 2.79 bits per heavy atom. The molecule has 0 N–H and O–H groups in total. The van der Waals surface area contributed by atoms with Crippen LogP contribution < -0.4 is 15.3 Å².